The summed E-state index contributed by atoms with van der Waals surface area (Å²) in [6.07, 6.45) is 3.62. The van der Waals surface area contributed by atoms with E-state index in [0.29, 0.717) is 18.9 Å². The van der Waals surface area contributed by atoms with Crippen molar-refractivity contribution in [2.24, 2.45) is 0 Å². The highest BCUT2D eigenvalue weighted by molar-refractivity contribution is 4.85. The topological polar surface area (TPSA) is 33.3 Å². The average molecular weight is 349 g/mol. The molecular weight excluding hydrogens is 310 g/mol. The number of rotatable bonds is 2. The van der Waals surface area contributed by atoms with Gasteiger partial charge in [-0.15, -0.1) is 0 Å². The first-order chi connectivity index (χ1) is 10.9. The maximum atomic E-state index is 12.8. The van der Waals surface area contributed by atoms with Crippen LogP contribution in [0.4, 0.5) is 8.78 Å². The van der Waals surface area contributed by atoms with Crippen molar-refractivity contribution >= 4 is 0 Å². The van der Waals surface area contributed by atoms with Crippen LogP contribution in [0.5, 0.6) is 0 Å². The predicted octanol–water partition coefficient (Wildman–Crippen LogP) is 4.51. The van der Waals surface area contributed by atoms with Gasteiger partial charge in [-0.3, -0.25) is 0 Å². The number of hydrogen-bond donors (Lipinski definition) is 2. The third kappa shape index (κ3) is 10.6. The fourth-order valence-corrected chi connectivity index (χ4v) is 3.25. The SMILES string of the molecule is CC(C)(C)NC1CCC(F)(F)CC1.CC(C)(C)NC1CCOCC1. The summed E-state index contributed by atoms with van der Waals surface area (Å²) in [7, 11) is 0. The van der Waals surface area contributed by atoms with Crippen LogP contribution < -0.4 is 10.6 Å². The zero-order valence-corrected chi connectivity index (χ0v) is 16.5. The Bertz CT molecular complexity index is 345. The molecule has 0 radical (unpaired) electrons. The summed E-state index contributed by atoms with van der Waals surface area (Å²) in [4.78, 5) is 0. The van der Waals surface area contributed by atoms with E-state index >= 15 is 0 Å². The lowest BCUT2D eigenvalue weighted by Crippen LogP contribution is -2.46. The summed E-state index contributed by atoms with van der Waals surface area (Å²) in [5, 5.41) is 6.94. The van der Waals surface area contributed by atoms with Crippen molar-refractivity contribution in [1.29, 1.82) is 0 Å². The van der Waals surface area contributed by atoms with Crippen LogP contribution in [0.15, 0.2) is 0 Å². The summed E-state index contributed by atoms with van der Waals surface area (Å²) in [6, 6.07) is 0.948. The van der Waals surface area contributed by atoms with E-state index in [1.807, 2.05) is 0 Å². The average Bonchev–Trinajstić information content (AvgIpc) is 2.40. The largest absolute Gasteiger partial charge is 0.381 e. The quantitative estimate of drug-likeness (QED) is 0.770. The monoisotopic (exact) mass is 348 g/mol. The van der Waals surface area contributed by atoms with Gasteiger partial charge in [-0.1, -0.05) is 0 Å². The molecule has 1 aliphatic heterocycles. The van der Waals surface area contributed by atoms with Gasteiger partial charge in [-0.2, -0.15) is 0 Å². The lowest BCUT2D eigenvalue weighted by Gasteiger charge is -2.34. The van der Waals surface area contributed by atoms with Gasteiger partial charge in [0.15, 0.2) is 0 Å². The molecule has 2 N–H and O–H groups in total. The second-order valence-corrected chi connectivity index (χ2v) is 9.31. The summed E-state index contributed by atoms with van der Waals surface area (Å²) >= 11 is 0. The second-order valence-electron chi connectivity index (χ2n) is 9.31. The normalized spacial score (nSPS) is 23.5. The zero-order valence-electron chi connectivity index (χ0n) is 16.5. The molecule has 0 amide bonds. The minimum absolute atomic E-state index is 0.0390. The molecule has 3 nitrogen and oxygen atoms in total. The van der Waals surface area contributed by atoms with Crippen molar-refractivity contribution in [2.75, 3.05) is 13.2 Å². The van der Waals surface area contributed by atoms with E-state index in [0.717, 1.165) is 26.1 Å². The fraction of sp³-hybridized carbons (Fsp3) is 1.00. The van der Waals surface area contributed by atoms with E-state index in [4.69, 9.17) is 4.74 Å². The summed E-state index contributed by atoms with van der Waals surface area (Å²) in [5.41, 5.74) is 0.291. The van der Waals surface area contributed by atoms with Crippen LogP contribution in [0.25, 0.3) is 0 Å². The number of ether oxygens (including phenoxy) is 1. The molecule has 144 valence electrons. The summed E-state index contributed by atoms with van der Waals surface area (Å²) in [5.74, 6) is -2.41. The summed E-state index contributed by atoms with van der Waals surface area (Å²) in [6.45, 7) is 14.7. The maximum Gasteiger partial charge on any atom is 0.248 e. The Morgan fingerprint density at radius 2 is 1.12 bits per heavy atom. The Balaban J connectivity index is 0.000000243. The van der Waals surface area contributed by atoms with Gasteiger partial charge in [0.2, 0.25) is 5.92 Å². The van der Waals surface area contributed by atoms with E-state index < -0.39 is 5.92 Å². The number of alkyl halides is 2. The maximum absolute atomic E-state index is 12.8. The Labute approximate surface area is 147 Å². The Morgan fingerprint density at radius 3 is 1.50 bits per heavy atom. The van der Waals surface area contributed by atoms with E-state index in [9.17, 15) is 8.78 Å². The van der Waals surface area contributed by atoms with E-state index in [2.05, 4.69) is 52.2 Å². The van der Waals surface area contributed by atoms with Gasteiger partial charge in [-0.25, -0.2) is 8.78 Å². The fourth-order valence-electron chi connectivity index (χ4n) is 3.25. The molecule has 0 unspecified atom stereocenters. The summed E-state index contributed by atoms with van der Waals surface area (Å²) < 4.78 is 30.8. The molecule has 1 saturated carbocycles. The van der Waals surface area contributed by atoms with Crippen LogP contribution >= 0.6 is 0 Å². The van der Waals surface area contributed by atoms with Gasteiger partial charge in [0, 0.05) is 49.2 Å². The molecule has 2 aliphatic rings. The minimum Gasteiger partial charge on any atom is -0.381 e. The van der Waals surface area contributed by atoms with Crippen LogP contribution in [-0.2, 0) is 4.74 Å². The van der Waals surface area contributed by atoms with Crippen LogP contribution in [0.3, 0.4) is 0 Å². The smallest absolute Gasteiger partial charge is 0.248 e. The third-order valence-electron chi connectivity index (χ3n) is 4.21. The molecule has 1 heterocycles. The van der Waals surface area contributed by atoms with Gasteiger partial charge in [-0.05, 0) is 67.2 Å². The highest BCUT2D eigenvalue weighted by Gasteiger charge is 2.35. The van der Waals surface area contributed by atoms with Crippen molar-refractivity contribution in [3.63, 3.8) is 0 Å². The molecule has 0 aromatic rings. The molecule has 1 aliphatic carbocycles. The third-order valence-corrected chi connectivity index (χ3v) is 4.21. The molecule has 0 bridgehead atoms. The van der Waals surface area contributed by atoms with Crippen LogP contribution in [0.2, 0.25) is 0 Å². The first kappa shape index (κ1) is 21.8. The van der Waals surface area contributed by atoms with Crippen LogP contribution in [-0.4, -0.2) is 42.3 Å². The Morgan fingerprint density at radius 1 is 0.750 bits per heavy atom. The van der Waals surface area contributed by atoms with E-state index in [1.165, 1.54) is 0 Å². The molecule has 0 aromatic heterocycles. The lowest BCUT2D eigenvalue weighted by molar-refractivity contribution is -0.0421. The lowest BCUT2D eigenvalue weighted by atomic mass is 9.90. The van der Waals surface area contributed by atoms with Crippen molar-refractivity contribution in [2.45, 2.75) is 109 Å². The molecule has 0 atom stereocenters. The molecule has 2 fully saturated rings. The van der Waals surface area contributed by atoms with Gasteiger partial charge in [0.1, 0.15) is 0 Å². The van der Waals surface area contributed by atoms with Crippen molar-refractivity contribution in [1.82, 2.24) is 10.6 Å². The van der Waals surface area contributed by atoms with Crippen molar-refractivity contribution in [3.05, 3.63) is 0 Å². The predicted molar refractivity (Wildman–Crippen MR) is 96.8 cm³/mol. The first-order valence-corrected chi connectivity index (χ1v) is 9.37. The van der Waals surface area contributed by atoms with Crippen LogP contribution in [0.1, 0.15) is 80.1 Å². The first-order valence-electron chi connectivity index (χ1n) is 9.37. The Hall–Kier alpha value is -0.260. The van der Waals surface area contributed by atoms with Gasteiger partial charge < -0.3 is 15.4 Å². The number of halogens is 2. The van der Waals surface area contributed by atoms with Gasteiger partial charge in [0.25, 0.3) is 0 Å². The Kier molecular flexibility index (Phi) is 8.08. The van der Waals surface area contributed by atoms with Gasteiger partial charge >= 0.3 is 0 Å². The van der Waals surface area contributed by atoms with E-state index in [1.54, 1.807) is 0 Å². The molecule has 0 aromatic carbocycles. The number of hydrogen-bond acceptors (Lipinski definition) is 3. The zero-order chi connectivity index (χ0) is 18.4. The van der Waals surface area contributed by atoms with Gasteiger partial charge in [0.05, 0.1) is 0 Å². The molecule has 5 heteroatoms. The number of nitrogens with one attached hydrogen (secondary N) is 2. The highest BCUT2D eigenvalue weighted by Crippen LogP contribution is 2.33. The standard InChI is InChI=1S/C10H19F2N.C9H19NO/c1-9(2,3)13-8-4-6-10(11,12)7-5-8;1-9(2,3)10-8-4-6-11-7-5-8/h8,13H,4-7H2,1-3H3;8,10H,4-7H2,1-3H3. The molecule has 0 spiro atoms. The minimum atomic E-state index is -2.41. The molecule has 24 heavy (non-hydrogen) atoms. The van der Waals surface area contributed by atoms with E-state index in [-0.39, 0.29) is 30.0 Å². The van der Waals surface area contributed by atoms with Crippen molar-refractivity contribution < 1.29 is 13.5 Å². The highest BCUT2D eigenvalue weighted by atomic mass is 19.3. The molecular formula is C19H38F2N2O. The molecule has 2 rings (SSSR count). The van der Waals surface area contributed by atoms with Crippen LogP contribution in [0, 0.1) is 0 Å². The second kappa shape index (κ2) is 8.91. The van der Waals surface area contributed by atoms with Crippen molar-refractivity contribution in [3.8, 4) is 0 Å². The molecule has 1 saturated heterocycles.